The van der Waals surface area contributed by atoms with E-state index >= 15 is 0 Å². The van der Waals surface area contributed by atoms with Crippen LogP contribution < -0.4 is 29.1 Å². The molecule has 45 heavy (non-hydrogen) atoms. The summed E-state index contributed by atoms with van der Waals surface area (Å²) in [6.45, 7) is 3.95. The predicted molar refractivity (Wildman–Crippen MR) is 195 cm³/mol. The highest BCUT2D eigenvalue weighted by Gasteiger charge is 2.35. The van der Waals surface area contributed by atoms with Crippen LogP contribution in [0.3, 0.4) is 0 Å². The van der Waals surface area contributed by atoms with Crippen LogP contribution in [-0.4, -0.2) is 31.4 Å². The molecule has 13 heteroatoms. The summed E-state index contributed by atoms with van der Waals surface area (Å²) < 4.78 is 27.3. The van der Waals surface area contributed by atoms with Gasteiger partial charge in [0.1, 0.15) is 12.4 Å². The number of methoxy groups -OCH3 is 2. The number of rotatable bonds is 9. The summed E-state index contributed by atoms with van der Waals surface area (Å²) in [6, 6.07) is 14.1. The van der Waals surface area contributed by atoms with E-state index in [9.17, 15) is 9.59 Å². The van der Waals surface area contributed by atoms with Crippen LogP contribution in [0, 0.1) is 7.14 Å². The summed E-state index contributed by atoms with van der Waals surface area (Å²) in [4.78, 5) is 32.8. The van der Waals surface area contributed by atoms with Crippen molar-refractivity contribution in [3.63, 3.8) is 0 Å². The lowest BCUT2D eigenvalue weighted by Crippen LogP contribution is -2.40. The monoisotopic (exact) mass is 934 g/mol. The molecule has 1 atom stereocenters. The predicted octanol–water partition coefficient (Wildman–Crippen LogP) is 7.02. The SMILES string of the molecule is CCOC(=O)C1=C(C)N=c2s/c(=C\c3cc(I)cc(I)c3OCc3cccc(Cl)c3)c(=O)n2[C@H]1c1cc(OC)c(OC)cc1Br. The van der Waals surface area contributed by atoms with Crippen molar-refractivity contribution in [1.29, 1.82) is 0 Å². The van der Waals surface area contributed by atoms with Gasteiger partial charge in [-0.15, -0.1) is 0 Å². The minimum atomic E-state index is -0.841. The van der Waals surface area contributed by atoms with E-state index in [1.807, 2.05) is 42.5 Å². The maximum absolute atomic E-state index is 14.3. The molecule has 0 unspecified atom stereocenters. The third-order valence-corrected chi connectivity index (χ3v) is 10.2. The Morgan fingerprint density at radius 3 is 2.56 bits per heavy atom. The first-order valence-corrected chi connectivity index (χ1v) is 17.7. The van der Waals surface area contributed by atoms with Crippen molar-refractivity contribution in [2.75, 3.05) is 20.8 Å². The Kier molecular flexibility index (Phi) is 11.0. The molecule has 1 aromatic heterocycles. The molecule has 0 radical (unpaired) electrons. The maximum atomic E-state index is 14.3. The second kappa shape index (κ2) is 14.6. The number of carbonyl (C=O) groups is 1. The van der Waals surface area contributed by atoms with Gasteiger partial charge in [-0.2, -0.15) is 0 Å². The van der Waals surface area contributed by atoms with Crippen LogP contribution in [0.25, 0.3) is 6.08 Å². The number of fused-ring (bicyclic) bond motifs is 1. The van der Waals surface area contributed by atoms with Crippen LogP contribution in [0.4, 0.5) is 0 Å². The Bertz CT molecular complexity index is 2030. The summed E-state index contributed by atoms with van der Waals surface area (Å²) in [5.41, 5.74) is 2.69. The Hall–Kier alpha value is -2.40. The summed E-state index contributed by atoms with van der Waals surface area (Å²) in [7, 11) is 3.07. The van der Waals surface area contributed by atoms with Gasteiger partial charge in [-0.3, -0.25) is 9.36 Å². The maximum Gasteiger partial charge on any atom is 0.338 e. The third kappa shape index (κ3) is 7.14. The molecule has 4 aromatic rings. The number of carbonyl (C=O) groups excluding carboxylic acids is 1. The van der Waals surface area contributed by atoms with Gasteiger partial charge in [0.05, 0.1) is 46.2 Å². The van der Waals surface area contributed by atoms with Gasteiger partial charge >= 0.3 is 5.97 Å². The van der Waals surface area contributed by atoms with Crippen LogP contribution in [0.15, 0.2) is 74.1 Å². The third-order valence-electron chi connectivity index (χ3n) is 6.91. The summed E-state index contributed by atoms with van der Waals surface area (Å²) in [6.07, 6.45) is 1.81. The van der Waals surface area contributed by atoms with Crippen molar-refractivity contribution in [2.24, 2.45) is 4.99 Å². The molecule has 2 heterocycles. The number of hydrogen-bond donors (Lipinski definition) is 0. The van der Waals surface area contributed by atoms with Gasteiger partial charge in [-0.25, -0.2) is 9.79 Å². The van der Waals surface area contributed by atoms with Crippen LogP contribution in [0.2, 0.25) is 5.02 Å². The average Bonchev–Trinajstić information content (AvgIpc) is 3.29. The fourth-order valence-electron chi connectivity index (χ4n) is 4.93. The number of nitrogens with zero attached hydrogens (tertiary/aromatic N) is 2. The van der Waals surface area contributed by atoms with Crippen molar-refractivity contribution in [2.45, 2.75) is 26.5 Å². The van der Waals surface area contributed by atoms with Gasteiger partial charge in [0, 0.05) is 18.6 Å². The number of thiazole rings is 1. The van der Waals surface area contributed by atoms with E-state index in [1.54, 1.807) is 33.1 Å². The zero-order chi connectivity index (χ0) is 32.4. The van der Waals surface area contributed by atoms with Crippen molar-refractivity contribution < 1.29 is 23.7 Å². The van der Waals surface area contributed by atoms with Gasteiger partial charge in [0.2, 0.25) is 0 Å². The number of hydrogen-bond acceptors (Lipinski definition) is 8. The molecule has 8 nitrogen and oxygen atoms in total. The number of aromatic nitrogens is 1. The Morgan fingerprint density at radius 2 is 1.87 bits per heavy atom. The van der Waals surface area contributed by atoms with E-state index < -0.39 is 12.0 Å². The molecule has 5 rings (SSSR count). The van der Waals surface area contributed by atoms with Crippen LogP contribution in [0.5, 0.6) is 17.2 Å². The molecular weight excluding hydrogens is 910 g/mol. The highest BCUT2D eigenvalue weighted by molar-refractivity contribution is 14.1. The number of esters is 1. The highest BCUT2D eigenvalue weighted by Crippen LogP contribution is 2.41. The highest BCUT2D eigenvalue weighted by atomic mass is 127. The summed E-state index contributed by atoms with van der Waals surface area (Å²) in [5, 5.41) is 0.628. The fourth-order valence-corrected chi connectivity index (χ4v) is 8.76. The quantitative estimate of drug-likeness (QED) is 0.133. The largest absolute Gasteiger partial charge is 0.493 e. The second-order valence-electron chi connectivity index (χ2n) is 9.76. The van der Waals surface area contributed by atoms with Crippen LogP contribution in [-0.2, 0) is 16.1 Å². The van der Waals surface area contributed by atoms with Crippen molar-refractivity contribution in [3.8, 4) is 17.2 Å². The van der Waals surface area contributed by atoms with E-state index in [-0.39, 0.29) is 17.7 Å². The smallest absolute Gasteiger partial charge is 0.338 e. The normalized spacial score (nSPS) is 14.6. The molecule has 3 aromatic carbocycles. The average molecular weight is 936 g/mol. The van der Waals surface area contributed by atoms with Crippen LogP contribution >= 0.6 is 84.0 Å². The Balaban J connectivity index is 1.70. The summed E-state index contributed by atoms with van der Waals surface area (Å²) >= 11 is 15.5. The molecule has 0 aliphatic carbocycles. The zero-order valence-electron chi connectivity index (χ0n) is 24.5. The van der Waals surface area contributed by atoms with E-state index in [2.05, 4.69) is 61.1 Å². The Labute approximate surface area is 304 Å². The topological polar surface area (TPSA) is 88.4 Å². The lowest BCUT2D eigenvalue weighted by molar-refractivity contribution is -0.139. The molecule has 0 fully saturated rings. The van der Waals surface area contributed by atoms with Gasteiger partial charge in [0.25, 0.3) is 5.56 Å². The molecule has 0 saturated heterocycles. The molecular formula is C32H26BrClI2N2O6S. The molecule has 0 bridgehead atoms. The van der Waals surface area contributed by atoms with Gasteiger partial charge in [0.15, 0.2) is 16.3 Å². The van der Waals surface area contributed by atoms with Gasteiger partial charge in [-0.1, -0.05) is 51.0 Å². The number of ether oxygens (including phenoxy) is 4. The van der Waals surface area contributed by atoms with E-state index in [0.29, 0.717) is 53.9 Å². The van der Waals surface area contributed by atoms with E-state index in [4.69, 9.17) is 35.5 Å². The first-order chi connectivity index (χ1) is 21.6. The number of benzene rings is 3. The first kappa shape index (κ1) is 33.9. The second-order valence-corrected chi connectivity index (χ2v) is 14.5. The van der Waals surface area contributed by atoms with E-state index in [0.717, 1.165) is 18.3 Å². The number of halogens is 4. The first-order valence-electron chi connectivity index (χ1n) is 13.5. The van der Waals surface area contributed by atoms with Crippen molar-refractivity contribution in [3.05, 3.63) is 113 Å². The molecule has 0 saturated carbocycles. The van der Waals surface area contributed by atoms with Crippen molar-refractivity contribution in [1.82, 2.24) is 4.57 Å². The molecule has 0 N–H and O–H groups in total. The molecule has 234 valence electrons. The number of allylic oxidation sites excluding steroid dienone is 1. The zero-order valence-corrected chi connectivity index (χ0v) is 31.9. The minimum absolute atomic E-state index is 0.170. The lowest BCUT2D eigenvalue weighted by Gasteiger charge is -2.26. The van der Waals surface area contributed by atoms with Gasteiger partial charge in [-0.05, 0) is 113 Å². The molecule has 0 spiro atoms. The fraction of sp³-hybridized carbons (Fsp3) is 0.219. The minimum Gasteiger partial charge on any atom is -0.493 e. The molecule has 1 aliphatic rings. The summed E-state index contributed by atoms with van der Waals surface area (Å²) in [5.74, 6) is 1.04. The standard InChI is InChI=1S/C32H26BrClI2N2O6S/c1-5-43-31(40)27-16(2)37-32-38(28(27)21-13-24(41-3)25(42-4)14-22(21)33)30(39)26(45-32)11-18-10-20(35)12-23(36)29(18)44-15-17-7-6-8-19(34)9-17/h6-14,28H,5,15H2,1-4H3/b26-11-/t28-/m0/s1. The van der Waals surface area contributed by atoms with Crippen molar-refractivity contribution >= 4 is 96.1 Å². The van der Waals surface area contributed by atoms with Gasteiger partial charge < -0.3 is 18.9 Å². The van der Waals surface area contributed by atoms with Crippen LogP contribution in [0.1, 0.15) is 36.6 Å². The Morgan fingerprint density at radius 1 is 1.13 bits per heavy atom. The van der Waals surface area contributed by atoms with E-state index in [1.165, 1.54) is 23.0 Å². The molecule has 1 aliphatic heterocycles. The lowest BCUT2D eigenvalue weighted by atomic mass is 9.95. The molecule has 0 amide bonds.